The lowest BCUT2D eigenvalue weighted by molar-refractivity contribution is -0.116. The minimum absolute atomic E-state index is 0.0692. The van der Waals surface area contributed by atoms with Crippen molar-refractivity contribution in [1.29, 1.82) is 0 Å². The lowest BCUT2D eigenvalue weighted by Gasteiger charge is -2.15. The molecule has 0 aliphatic heterocycles. The van der Waals surface area contributed by atoms with Gasteiger partial charge in [-0.15, -0.1) is 0 Å². The van der Waals surface area contributed by atoms with Gasteiger partial charge in [0.05, 0.1) is 7.11 Å². The first-order valence-electron chi connectivity index (χ1n) is 8.98. The molecule has 0 atom stereocenters. The van der Waals surface area contributed by atoms with Gasteiger partial charge in [0.1, 0.15) is 12.4 Å². The van der Waals surface area contributed by atoms with Gasteiger partial charge in [-0.2, -0.15) is 0 Å². The van der Waals surface area contributed by atoms with E-state index in [4.69, 9.17) is 13.9 Å². The summed E-state index contributed by atoms with van der Waals surface area (Å²) in [6.07, 6.45) is 0. The summed E-state index contributed by atoms with van der Waals surface area (Å²) >= 11 is 0. The number of anilines is 2. The first kappa shape index (κ1) is 20.0. The largest absolute Gasteiger partial charge is 0.493 e. The summed E-state index contributed by atoms with van der Waals surface area (Å²) in [5.41, 5.74) is 1.34. The molecule has 0 spiro atoms. The van der Waals surface area contributed by atoms with E-state index in [1.165, 1.54) is 11.8 Å². The van der Waals surface area contributed by atoms with Crippen molar-refractivity contribution in [3.63, 3.8) is 0 Å². The zero-order chi connectivity index (χ0) is 20.8. The van der Waals surface area contributed by atoms with Crippen LogP contribution in [0.4, 0.5) is 11.4 Å². The molecule has 150 valence electrons. The minimum atomic E-state index is -0.374. The smallest absolute Gasteiger partial charge is 0.291 e. The van der Waals surface area contributed by atoms with Crippen LogP contribution in [0.5, 0.6) is 11.5 Å². The van der Waals surface area contributed by atoms with Crippen molar-refractivity contribution in [3.8, 4) is 11.5 Å². The van der Waals surface area contributed by atoms with Crippen molar-refractivity contribution in [2.24, 2.45) is 0 Å². The Morgan fingerprint density at radius 2 is 1.69 bits per heavy atom. The Balaban J connectivity index is 1.60. The molecule has 0 saturated heterocycles. The number of nitrogens with zero attached hydrogens (tertiary/aromatic N) is 1. The molecule has 3 aromatic rings. The number of para-hydroxylation sites is 2. The lowest BCUT2D eigenvalue weighted by atomic mass is 10.2. The molecule has 29 heavy (non-hydrogen) atoms. The summed E-state index contributed by atoms with van der Waals surface area (Å²) in [4.78, 5) is 25.3. The van der Waals surface area contributed by atoms with Crippen LogP contribution in [0.1, 0.15) is 23.2 Å². The lowest BCUT2D eigenvalue weighted by Crippen LogP contribution is -2.22. The van der Waals surface area contributed by atoms with E-state index in [1.807, 2.05) is 12.1 Å². The van der Waals surface area contributed by atoms with Crippen LogP contribution in [0.25, 0.3) is 0 Å². The third-order valence-corrected chi connectivity index (χ3v) is 4.31. The molecule has 2 aromatic carbocycles. The second kappa shape index (κ2) is 8.97. The van der Waals surface area contributed by atoms with Crippen molar-refractivity contribution in [2.45, 2.75) is 13.5 Å². The molecular weight excluding hydrogens is 372 g/mol. The van der Waals surface area contributed by atoms with Gasteiger partial charge < -0.3 is 24.1 Å². The van der Waals surface area contributed by atoms with Crippen LogP contribution in [-0.2, 0) is 11.4 Å². The van der Waals surface area contributed by atoms with Crippen LogP contribution in [-0.4, -0.2) is 26.0 Å². The Morgan fingerprint density at radius 3 is 2.34 bits per heavy atom. The number of carbonyl (C=O) groups is 2. The van der Waals surface area contributed by atoms with Gasteiger partial charge in [0, 0.05) is 25.3 Å². The van der Waals surface area contributed by atoms with Crippen molar-refractivity contribution in [3.05, 3.63) is 72.2 Å². The topological polar surface area (TPSA) is 81.0 Å². The fourth-order valence-electron chi connectivity index (χ4n) is 2.61. The van der Waals surface area contributed by atoms with E-state index < -0.39 is 0 Å². The van der Waals surface area contributed by atoms with Crippen LogP contribution in [0.15, 0.2) is 65.1 Å². The second-order valence-electron chi connectivity index (χ2n) is 6.28. The first-order valence-corrected chi connectivity index (χ1v) is 8.98. The third-order valence-electron chi connectivity index (χ3n) is 4.31. The molecule has 1 N–H and O–H groups in total. The van der Waals surface area contributed by atoms with Crippen LogP contribution in [0.3, 0.4) is 0 Å². The Hall–Kier alpha value is -3.74. The van der Waals surface area contributed by atoms with E-state index in [0.717, 1.165) is 5.69 Å². The highest BCUT2D eigenvalue weighted by atomic mass is 16.5. The van der Waals surface area contributed by atoms with Crippen molar-refractivity contribution in [1.82, 2.24) is 0 Å². The van der Waals surface area contributed by atoms with Gasteiger partial charge in [-0.3, -0.25) is 9.59 Å². The normalized spacial score (nSPS) is 10.3. The number of hydrogen-bond acceptors (Lipinski definition) is 5. The maximum Gasteiger partial charge on any atom is 0.291 e. The van der Waals surface area contributed by atoms with Gasteiger partial charge in [0.15, 0.2) is 17.3 Å². The Bertz CT molecular complexity index is 994. The number of nitrogens with one attached hydrogen (secondary N) is 1. The average Bonchev–Trinajstić information content (AvgIpc) is 3.21. The number of methoxy groups -OCH3 is 1. The van der Waals surface area contributed by atoms with Gasteiger partial charge in [0.25, 0.3) is 5.91 Å². The maximum absolute atomic E-state index is 12.4. The maximum atomic E-state index is 12.4. The summed E-state index contributed by atoms with van der Waals surface area (Å²) in [5.74, 6) is 1.46. The Kier molecular flexibility index (Phi) is 6.19. The molecule has 1 heterocycles. The van der Waals surface area contributed by atoms with Crippen molar-refractivity contribution in [2.75, 3.05) is 24.4 Å². The SMILES string of the molecule is COc1ccccc1OCc1ccc(C(=O)Nc2ccc(N(C)C(C)=O)cc2)o1. The molecule has 2 amide bonds. The standard InChI is InChI=1S/C22H22N2O5/c1-15(25)24(2)17-10-8-16(9-11-17)23-22(26)21-13-12-18(29-21)14-28-20-7-5-4-6-19(20)27-3/h4-13H,14H2,1-3H3,(H,23,26). The van der Waals surface area contributed by atoms with E-state index in [2.05, 4.69) is 5.32 Å². The number of furan rings is 1. The summed E-state index contributed by atoms with van der Waals surface area (Å²) in [5, 5.41) is 2.76. The summed E-state index contributed by atoms with van der Waals surface area (Å²) < 4.78 is 16.5. The zero-order valence-electron chi connectivity index (χ0n) is 16.5. The molecule has 0 bridgehead atoms. The molecule has 0 saturated carbocycles. The second-order valence-corrected chi connectivity index (χ2v) is 6.28. The summed E-state index contributed by atoms with van der Waals surface area (Å²) in [6.45, 7) is 1.65. The Labute approximate surface area is 168 Å². The van der Waals surface area contributed by atoms with Crippen LogP contribution in [0, 0.1) is 0 Å². The highest BCUT2D eigenvalue weighted by Crippen LogP contribution is 2.27. The molecule has 0 aliphatic carbocycles. The van der Waals surface area contributed by atoms with E-state index >= 15 is 0 Å². The molecule has 0 radical (unpaired) electrons. The van der Waals surface area contributed by atoms with Crippen molar-refractivity contribution >= 4 is 23.2 Å². The average molecular weight is 394 g/mol. The van der Waals surface area contributed by atoms with Gasteiger partial charge >= 0.3 is 0 Å². The number of amides is 2. The fourth-order valence-corrected chi connectivity index (χ4v) is 2.61. The third kappa shape index (κ3) is 4.95. The molecule has 0 aliphatic rings. The van der Waals surface area contributed by atoms with Crippen molar-refractivity contribution < 1.29 is 23.5 Å². The Morgan fingerprint density at radius 1 is 1.00 bits per heavy atom. The number of carbonyl (C=O) groups excluding carboxylic acids is 2. The molecule has 1 aromatic heterocycles. The summed E-state index contributed by atoms with van der Waals surface area (Å²) in [7, 11) is 3.26. The number of benzene rings is 2. The molecule has 7 heteroatoms. The predicted molar refractivity (Wildman–Crippen MR) is 110 cm³/mol. The molecule has 0 unspecified atom stereocenters. The van der Waals surface area contributed by atoms with Gasteiger partial charge in [-0.05, 0) is 48.5 Å². The molecule has 0 fully saturated rings. The zero-order valence-corrected chi connectivity index (χ0v) is 16.5. The predicted octanol–water partition coefficient (Wildman–Crippen LogP) is 4.10. The monoisotopic (exact) mass is 394 g/mol. The van der Waals surface area contributed by atoms with Crippen LogP contribution in [0.2, 0.25) is 0 Å². The number of hydrogen-bond donors (Lipinski definition) is 1. The van der Waals surface area contributed by atoms with Crippen LogP contribution < -0.4 is 19.7 Å². The molecule has 7 nitrogen and oxygen atoms in total. The quantitative estimate of drug-likeness (QED) is 0.652. The van der Waals surface area contributed by atoms with Gasteiger partial charge in [-0.25, -0.2) is 0 Å². The number of rotatable bonds is 7. The van der Waals surface area contributed by atoms with Crippen LogP contribution >= 0.6 is 0 Å². The van der Waals surface area contributed by atoms with Gasteiger partial charge in [-0.1, -0.05) is 12.1 Å². The van der Waals surface area contributed by atoms with E-state index in [1.54, 1.807) is 62.7 Å². The molecule has 3 rings (SSSR count). The minimum Gasteiger partial charge on any atom is -0.493 e. The highest BCUT2D eigenvalue weighted by molar-refractivity contribution is 6.02. The summed E-state index contributed by atoms with van der Waals surface area (Å²) in [6, 6.07) is 17.5. The fraction of sp³-hybridized carbons (Fsp3) is 0.182. The van der Waals surface area contributed by atoms with E-state index in [0.29, 0.717) is 22.9 Å². The molecular formula is C22H22N2O5. The highest BCUT2D eigenvalue weighted by Gasteiger charge is 2.13. The van der Waals surface area contributed by atoms with E-state index in [9.17, 15) is 9.59 Å². The van der Waals surface area contributed by atoms with Gasteiger partial charge in [0.2, 0.25) is 5.91 Å². The first-order chi connectivity index (χ1) is 14.0. The van der Waals surface area contributed by atoms with E-state index in [-0.39, 0.29) is 24.2 Å². The number of ether oxygens (including phenoxy) is 2.